The minimum absolute atomic E-state index is 0.0683. The predicted octanol–water partition coefficient (Wildman–Crippen LogP) is 3.72. The number of carbonyl (C=O) groups excluding carboxylic acids is 1. The Bertz CT molecular complexity index is 768. The summed E-state index contributed by atoms with van der Waals surface area (Å²) in [7, 11) is 1.70. The third-order valence-electron chi connectivity index (χ3n) is 3.02. The summed E-state index contributed by atoms with van der Waals surface area (Å²) in [6, 6.07) is 10.8. The van der Waals surface area contributed by atoms with Crippen LogP contribution in [0.4, 0.5) is 0 Å². The molecule has 0 N–H and O–H groups in total. The zero-order valence-corrected chi connectivity index (χ0v) is 13.3. The van der Waals surface area contributed by atoms with Crippen molar-refractivity contribution in [3.63, 3.8) is 0 Å². The molecule has 112 valence electrons. The van der Waals surface area contributed by atoms with E-state index in [1.807, 2.05) is 23.6 Å². The average Bonchev–Trinajstić information content (AvgIpc) is 3.18. The molecule has 0 aliphatic heterocycles. The number of rotatable bonds is 4. The van der Waals surface area contributed by atoms with E-state index in [0.29, 0.717) is 21.6 Å². The summed E-state index contributed by atoms with van der Waals surface area (Å²) in [6.07, 6.45) is 0. The first-order valence-electron chi connectivity index (χ1n) is 6.51. The zero-order valence-electron chi connectivity index (χ0n) is 11.7. The first-order chi connectivity index (χ1) is 10.6. The zero-order chi connectivity index (χ0) is 15.5. The molecule has 0 saturated carbocycles. The minimum Gasteiger partial charge on any atom is -0.337 e. The normalized spacial score (nSPS) is 10.6. The first kappa shape index (κ1) is 14.7. The van der Waals surface area contributed by atoms with Gasteiger partial charge in [0.2, 0.25) is 11.7 Å². The maximum Gasteiger partial charge on any atom is 0.264 e. The Labute approximate surface area is 136 Å². The number of carbonyl (C=O) groups is 1. The van der Waals surface area contributed by atoms with E-state index in [-0.39, 0.29) is 12.5 Å². The summed E-state index contributed by atoms with van der Waals surface area (Å²) in [5.74, 6) is 0.794. The van der Waals surface area contributed by atoms with Crippen molar-refractivity contribution in [2.45, 2.75) is 6.54 Å². The number of thiophene rings is 1. The standard InChI is InChI=1S/C15H12ClN3O2S/c1-19(15(20)12-3-2-8-22-12)9-13-17-14(18-21-13)10-4-6-11(16)7-5-10/h2-8H,9H2,1H3. The lowest BCUT2D eigenvalue weighted by Gasteiger charge is -2.12. The van der Waals surface area contributed by atoms with E-state index in [9.17, 15) is 4.79 Å². The van der Waals surface area contributed by atoms with Crippen molar-refractivity contribution in [1.29, 1.82) is 0 Å². The maximum atomic E-state index is 12.2. The molecule has 3 rings (SSSR count). The van der Waals surface area contributed by atoms with Crippen LogP contribution in [0.5, 0.6) is 0 Å². The Morgan fingerprint density at radius 1 is 1.32 bits per heavy atom. The largest absolute Gasteiger partial charge is 0.337 e. The third kappa shape index (κ3) is 3.18. The van der Waals surface area contributed by atoms with Gasteiger partial charge in [-0.1, -0.05) is 22.8 Å². The molecule has 22 heavy (non-hydrogen) atoms. The second-order valence-corrected chi connectivity index (χ2v) is 6.04. The Kier molecular flexibility index (Phi) is 4.22. The topological polar surface area (TPSA) is 59.2 Å². The van der Waals surface area contributed by atoms with Crippen molar-refractivity contribution < 1.29 is 9.32 Å². The Morgan fingerprint density at radius 3 is 2.77 bits per heavy atom. The van der Waals surface area contributed by atoms with E-state index < -0.39 is 0 Å². The van der Waals surface area contributed by atoms with E-state index in [2.05, 4.69) is 10.1 Å². The van der Waals surface area contributed by atoms with E-state index in [1.165, 1.54) is 11.3 Å². The van der Waals surface area contributed by atoms with Gasteiger partial charge in [0, 0.05) is 17.6 Å². The van der Waals surface area contributed by atoms with E-state index in [1.54, 1.807) is 30.1 Å². The Morgan fingerprint density at radius 2 is 2.09 bits per heavy atom. The average molecular weight is 334 g/mol. The second kappa shape index (κ2) is 6.29. The molecule has 5 nitrogen and oxygen atoms in total. The highest BCUT2D eigenvalue weighted by Gasteiger charge is 2.16. The van der Waals surface area contributed by atoms with Gasteiger partial charge in [0.05, 0.1) is 4.88 Å². The van der Waals surface area contributed by atoms with Gasteiger partial charge in [-0.25, -0.2) is 0 Å². The summed E-state index contributed by atoms with van der Waals surface area (Å²) in [6.45, 7) is 0.261. The Balaban J connectivity index is 1.71. The summed E-state index contributed by atoms with van der Waals surface area (Å²) in [4.78, 5) is 18.7. The molecule has 0 unspecified atom stereocenters. The number of amides is 1. The summed E-state index contributed by atoms with van der Waals surface area (Å²) in [5, 5.41) is 6.44. The highest BCUT2D eigenvalue weighted by Crippen LogP contribution is 2.19. The summed E-state index contributed by atoms with van der Waals surface area (Å²) >= 11 is 7.25. The van der Waals surface area contributed by atoms with Crippen molar-refractivity contribution in [3.8, 4) is 11.4 Å². The van der Waals surface area contributed by atoms with Crippen LogP contribution in [-0.2, 0) is 6.54 Å². The number of hydrogen-bond acceptors (Lipinski definition) is 5. The third-order valence-corrected chi connectivity index (χ3v) is 4.13. The molecule has 7 heteroatoms. The van der Waals surface area contributed by atoms with Gasteiger partial charge in [-0.05, 0) is 35.7 Å². The number of nitrogens with zero attached hydrogens (tertiary/aromatic N) is 3. The molecule has 2 aromatic heterocycles. The molecule has 0 bridgehead atoms. The van der Waals surface area contributed by atoms with Gasteiger partial charge in [0.25, 0.3) is 5.91 Å². The van der Waals surface area contributed by atoms with Crippen LogP contribution >= 0.6 is 22.9 Å². The van der Waals surface area contributed by atoms with Crippen molar-refractivity contribution >= 4 is 28.8 Å². The van der Waals surface area contributed by atoms with Gasteiger partial charge in [0.15, 0.2) is 0 Å². The van der Waals surface area contributed by atoms with Crippen LogP contribution in [0.15, 0.2) is 46.3 Å². The molecule has 2 heterocycles. The summed E-state index contributed by atoms with van der Waals surface area (Å²) in [5.41, 5.74) is 0.812. The molecule has 0 aliphatic carbocycles. The molecule has 0 spiro atoms. The van der Waals surface area contributed by atoms with E-state index >= 15 is 0 Å². The lowest BCUT2D eigenvalue weighted by atomic mass is 10.2. The molecule has 1 amide bonds. The van der Waals surface area contributed by atoms with Crippen molar-refractivity contribution in [3.05, 3.63) is 57.6 Å². The van der Waals surface area contributed by atoms with Gasteiger partial charge >= 0.3 is 0 Å². The lowest BCUT2D eigenvalue weighted by molar-refractivity contribution is 0.0774. The van der Waals surface area contributed by atoms with E-state index in [4.69, 9.17) is 16.1 Å². The fourth-order valence-corrected chi connectivity index (χ4v) is 2.74. The van der Waals surface area contributed by atoms with Gasteiger partial charge in [-0.15, -0.1) is 11.3 Å². The minimum atomic E-state index is -0.0683. The van der Waals surface area contributed by atoms with Crippen molar-refractivity contribution in [2.24, 2.45) is 0 Å². The summed E-state index contributed by atoms with van der Waals surface area (Å²) < 4.78 is 5.20. The van der Waals surface area contributed by atoms with Gasteiger partial charge in [-0.3, -0.25) is 4.79 Å². The lowest BCUT2D eigenvalue weighted by Crippen LogP contribution is -2.25. The number of halogens is 1. The number of benzene rings is 1. The molecular weight excluding hydrogens is 322 g/mol. The monoisotopic (exact) mass is 333 g/mol. The number of hydrogen-bond donors (Lipinski definition) is 0. The maximum absolute atomic E-state index is 12.2. The van der Waals surface area contributed by atoms with Crippen molar-refractivity contribution in [1.82, 2.24) is 15.0 Å². The highest BCUT2D eigenvalue weighted by atomic mass is 35.5. The fourth-order valence-electron chi connectivity index (χ4n) is 1.90. The SMILES string of the molecule is CN(Cc1nc(-c2ccc(Cl)cc2)no1)C(=O)c1cccs1. The molecule has 3 aromatic rings. The highest BCUT2D eigenvalue weighted by molar-refractivity contribution is 7.12. The quantitative estimate of drug-likeness (QED) is 0.730. The molecule has 0 radical (unpaired) electrons. The molecule has 0 atom stereocenters. The van der Waals surface area contributed by atoms with Crippen molar-refractivity contribution in [2.75, 3.05) is 7.05 Å². The molecule has 1 aromatic carbocycles. The van der Waals surface area contributed by atoms with Crippen LogP contribution in [0.3, 0.4) is 0 Å². The van der Waals surface area contributed by atoms with Crippen LogP contribution in [0.25, 0.3) is 11.4 Å². The molecule has 0 fully saturated rings. The van der Waals surface area contributed by atoms with Crippen LogP contribution in [0.2, 0.25) is 5.02 Å². The second-order valence-electron chi connectivity index (χ2n) is 4.66. The van der Waals surface area contributed by atoms with Crippen LogP contribution < -0.4 is 0 Å². The molecule has 0 aliphatic rings. The van der Waals surface area contributed by atoms with Crippen LogP contribution in [0.1, 0.15) is 15.6 Å². The smallest absolute Gasteiger partial charge is 0.264 e. The van der Waals surface area contributed by atoms with Crippen LogP contribution in [-0.4, -0.2) is 28.0 Å². The Hall–Kier alpha value is -2.18. The van der Waals surface area contributed by atoms with Gasteiger partial charge in [0.1, 0.15) is 6.54 Å². The van der Waals surface area contributed by atoms with Crippen LogP contribution in [0, 0.1) is 0 Å². The van der Waals surface area contributed by atoms with Gasteiger partial charge in [-0.2, -0.15) is 4.98 Å². The fraction of sp³-hybridized carbons (Fsp3) is 0.133. The molecular formula is C15H12ClN3O2S. The molecule has 0 saturated heterocycles. The van der Waals surface area contributed by atoms with E-state index in [0.717, 1.165) is 5.56 Å². The number of aromatic nitrogens is 2. The predicted molar refractivity (Wildman–Crippen MR) is 84.9 cm³/mol. The van der Waals surface area contributed by atoms with Gasteiger partial charge < -0.3 is 9.42 Å². The first-order valence-corrected chi connectivity index (χ1v) is 7.77.